The average Bonchev–Trinajstić information content (AvgIpc) is 2.90. The summed E-state index contributed by atoms with van der Waals surface area (Å²) in [5.41, 5.74) is 1.85. The summed E-state index contributed by atoms with van der Waals surface area (Å²) in [5, 5.41) is 9.99. The van der Waals surface area contributed by atoms with Gasteiger partial charge in [-0.2, -0.15) is 0 Å². The molecule has 26 heavy (non-hydrogen) atoms. The van der Waals surface area contributed by atoms with Gasteiger partial charge in [0.1, 0.15) is 0 Å². The molecule has 3 heteroatoms. The van der Waals surface area contributed by atoms with E-state index in [1.54, 1.807) is 6.08 Å². The smallest absolute Gasteiger partial charge is 0.310 e. The third-order valence-corrected chi connectivity index (χ3v) is 8.75. The van der Waals surface area contributed by atoms with E-state index in [2.05, 4.69) is 19.9 Å². The molecule has 4 aliphatic rings. The second-order valence-corrected chi connectivity index (χ2v) is 9.83. The normalized spacial score (nSPS) is 45.2. The fraction of sp³-hybridized carbons (Fsp3) is 0.783. The molecule has 0 heterocycles. The van der Waals surface area contributed by atoms with Crippen LogP contribution in [0.15, 0.2) is 23.7 Å². The van der Waals surface area contributed by atoms with Crippen LogP contribution in [0.5, 0.6) is 0 Å². The summed E-state index contributed by atoms with van der Waals surface area (Å²) in [5.74, 6) is 2.59. The van der Waals surface area contributed by atoms with Crippen LogP contribution in [-0.2, 0) is 9.53 Å². The monoisotopic (exact) mass is 358 g/mol. The lowest BCUT2D eigenvalue weighted by atomic mass is 9.45. The Labute approximate surface area is 157 Å². The van der Waals surface area contributed by atoms with E-state index < -0.39 is 5.97 Å². The van der Waals surface area contributed by atoms with Crippen molar-refractivity contribution >= 4 is 5.97 Å². The van der Waals surface area contributed by atoms with Crippen LogP contribution in [0.25, 0.3) is 0 Å². The summed E-state index contributed by atoms with van der Waals surface area (Å²) >= 11 is 0. The molecule has 3 nitrogen and oxygen atoms in total. The summed E-state index contributed by atoms with van der Waals surface area (Å²) in [6.07, 6.45) is 16.1. The Morgan fingerprint density at radius 3 is 2.73 bits per heavy atom. The Kier molecular flexibility index (Phi) is 4.48. The number of carbonyl (C=O) groups is 1. The molecular weight excluding hydrogens is 324 g/mol. The van der Waals surface area contributed by atoms with Gasteiger partial charge in [0.2, 0.25) is 0 Å². The van der Waals surface area contributed by atoms with Crippen LogP contribution < -0.4 is 0 Å². The van der Waals surface area contributed by atoms with Gasteiger partial charge >= 0.3 is 5.97 Å². The summed E-state index contributed by atoms with van der Waals surface area (Å²) in [6, 6.07) is 0. The average molecular weight is 359 g/mol. The topological polar surface area (TPSA) is 46.5 Å². The molecule has 0 aromatic rings. The number of carbonyl (C=O) groups excluding carboxylic acids is 1. The van der Waals surface area contributed by atoms with Crippen molar-refractivity contribution in [3.8, 4) is 0 Å². The van der Waals surface area contributed by atoms with Crippen molar-refractivity contribution < 1.29 is 14.6 Å². The van der Waals surface area contributed by atoms with Crippen LogP contribution in [-0.4, -0.2) is 11.1 Å². The molecule has 3 fully saturated rings. The first kappa shape index (κ1) is 18.1. The molecule has 4 aliphatic carbocycles. The van der Waals surface area contributed by atoms with E-state index in [4.69, 9.17) is 4.74 Å². The molecule has 0 aromatic heterocycles. The summed E-state index contributed by atoms with van der Waals surface area (Å²) in [7, 11) is 0. The van der Waals surface area contributed by atoms with Gasteiger partial charge in [-0.1, -0.05) is 32.8 Å². The van der Waals surface area contributed by atoms with E-state index in [9.17, 15) is 9.90 Å². The Balaban J connectivity index is 1.56. The zero-order valence-electron chi connectivity index (χ0n) is 16.6. The summed E-state index contributed by atoms with van der Waals surface area (Å²) in [4.78, 5) is 11.1. The van der Waals surface area contributed by atoms with Crippen molar-refractivity contribution in [1.82, 2.24) is 0 Å². The van der Waals surface area contributed by atoms with Crippen LogP contribution in [0.1, 0.15) is 78.6 Å². The van der Waals surface area contributed by atoms with E-state index in [1.807, 2.05) is 0 Å². The quantitative estimate of drug-likeness (QED) is 0.492. The van der Waals surface area contributed by atoms with Crippen LogP contribution in [0.3, 0.4) is 0 Å². The van der Waals surface area contributed by atoms with Gasteiger partial charge in [-0.25, -0.2) is 0 Å². The SMILES string of the molecule is CC(=O)OC(O)=CC1=CC[C@H]2[C@@H]3CCC4CCCC[C@]4(C)[C@H]3CC[C@]12C. The Morgan fingerprint density at radius 1 is 1.15 bits per heavy atom. The van der Waals surface area contributed by atoms with Crippen molar-refractivity contribution in [2.75, 3.05) is 0 Å². The predicted molar refractivity (Wildman–Crippen MR) is 102 cm³/mol. The van der Waals surface area contributed by atoms with Gasteiger partial charge in [0.15, 0.2) is 0 Å². The Bertz CT molecular complexity index is 648. The van der Waals surface area contributed by atoms with Gasteiger partial charge in [0, 0.05) is 13.0 Å². The minimum Gasteiger partial charge on any atom is -0.481 e. The molecule has 4 rings (SSSR count). The van der Waals surface area contributed by atoms with Crippen LogP contribution in [0.2, 0.25) is 0 Å². The number of rotatable bonds is 2. The van der Waals surface area contributed by atoms with Gasteiger partial charge in [-0.3, -0.25) is 4.79 Å². The highest BCUT2D eigenvalue weighted by atomic mass is 16.6. The predicted octanol–water partition coefficient (Wildman–Crippen LogP) is 5.92. The fourth-order valence-corrected chi connectivity index (χ4v) is 7.43. The maximum absolute atomic E-state index is 11.1. The minimum atomic E-state index is -0.466. The van der Waals surface area contributed by atoms with Crippen LogP contribution >= 0.6 is 0 Å². The third kappa shape index (κ3) is 2.73. The molecule has 0 amide bonds. The highest BCUT2D eigenvalue weighted by molar-refractivity contribution is 5.67. The first-order chi connectivity index (χ1) is 12.3. The van der Waals surface area contributed by atoms with Gasteiger partial charge in [-0.05, 0) is 85.0 Å². The van der Waals surface area contributed by atoms with Crippen molar-refractivity contribution in [3.05, 3.63) is 23.7 Å². The third-order valence-electron chi connectivity index (χ3n) is 8.75. The number of aliphatic hydroxyl groups is 1. The lowest BCUT2D eigenvalue weighted by Crippen LogP contribution is -2.52. The number of allylic oxidation sites excluding steroid dienone is 3. The molecule has 0 spiro atoms. The highest BCUT2D eigenvalue weighted by Gasteiger charge is 2.57. The summed E-state index contributed by atoms with van der Waals surface area (Å²) in [6.45, 7) is 6.30. The Morgan fingerprint density at radius 2 is 1.96 bits per heavy atom. The first-order valence-corrected chi connectivity index (χ1v) is 10.6. The van der Waals surface area contributed by atoms with Crippen molar-refractivity contribution in [3.63, 3.8) is 0 Å². The first-order valence-electron chi connectivity index (χ1n) is 10.6. The van der Waals surface area contributed by atoms with Gasteiger partial charge in [0.05, 0.1) is 0 Å². The van der Waals surface area contributed by atoms with Gasteiger partial charge in [-0.15, -0.1) is 0 Å². The van der Waals surface area contributed by atoms with E-state index in [-0.39, 0.29) is 11.4 Å². The lowest BCUT2D eigenvalue weighted by Gasteiger charge is -2.60. The zero-order valence-corrected chi connectivity index (χ0v) is 16.6. The summed E-state index contributed by atoms with van der Waals surface area (Å²) < 4.78 is 4.87. The molecule has 0 radical (unpaired) electrons. The lowest BCUT2D eigenvalue weighted by molar-refractivity contribution is -0.140. The van der Waals surface area contributed by atoms with Crippen molar-refractivity contribution in [1.29, 1.82) is 0 Å². The second kappa shape index (κ2) is 6.42. The van der Waals surface area contributed by atoms with Gasteiger partial charge < -0.3 is 9.84 Å². The number of hydrogen-bond donors (Lipinski definition) is 1. The molecular formula is C23H34O3. The number of fused-ring (bicyclic) bond motifs is 5. The largest absolute Gasteiger partial charge is 0.481 e. The maximum atomic E-state index is 11.1. The zero-order chi connectivity index (χ0) is 18.5. The van der Waals surface area contributed by atoms with E-state index in [1.165, 1.54) is 63.9 Å². The number of aliphatic hydroxyl groups excluding tert-OH is 1. The van der Waals surface area contributed by atoms with Crippen LogP contribution in [0.4, 0.5) is 0 Å². The Hall–Kier alpha value is -1.25. The number of hydrogen-bond acceptors (Lipinski definition) is 3. The molecule has 0 saturated heterocycles. The van der Waals surface area contributed by atoms with E-state index in [0.29, 0.717) is 11.3 Å². The molecule has 0 aliphatic heterocycles. The van der Waals surface area contributed by atoms with Crippen molar-refractivity contribution in [2.24, 2.45) is 34.5 Å². The molecule has 1 unspecified atom stereocenters. The van der Waals surface area contributed by atoms with Crippen molar-refractivity contribution in [2.45, 2.75) is 78.6 Å². The standard InChI is InChI=1S/C23H34O3/c1-15(24)26-21(25)14-17-8-10-19-18-9-7-16-6-4-5-12-22(16,2)20(18)11-13-23(17,19)3/h8,14,16,18-20,25H,4-7,9-13H2,1-3H3/t16?,18-,19-,20-,22-,23+/m0/s1. The van der Waals surface area contributed by atoms with E-state index in [0.717, 1.165) is 24.2 Å². The van der Waals surface area contributed by atoms with E-state index >= 15 is 0 Å². The molecule has 6 atom stereocenters. The molecule has 0 bridgehead atoms. The minimum absolute atomic E-state index is 0.118. The molecule has 3 saturated carbocycles. The number of ether oxygens (including phenoxy) is 1. The number of esters is 1. The molecule has 0 aromatic carbocycles. The molecule has 1 N–H and O–H groups in total. The second-order valence-electron chi connectivity index (χ2n) is 9.83. The highest BCUT2D eigenvalue weighted by Crippen LogP contribution is 2.66. The fourth-order valence-electron chi connectivity index (χ4n) is 7.43. The van der Waals surface area contributed by atoms with Crippen LogP contribution in [0, 0.1) is 34.5 Å². The maximum Gasteiger partial charge on any atom is 0.310 e. The van der Waals surface area contributed by atoms with Gasteiger partial charge in [0.25, 0.3) is 5.95 Å². The molecule has 144 valence electrons.